The first kappa shape index (κ1) is 12.5. The Morgan fingerprint density at radius 3 is 2.77 bits per heavy atom. The van der Waals surface area contributed by atoms with E-state index in [2.05, 4.69) is 21.0 Å². The number of pyridine rings is 2. The predicted molar refractivity (Wildman–Crippen MR) is 83.6 cm³/mol. The Morgan fingerprint density at radius 2 is 1.95 bits per heavy atom. The Hall–Kier alpha value is -3.26. The molecule has 1 aromatic carbocycles. The summed E-state index contributed by atoms with van der Waals surface area (Å²) in [6, 6.07) is 11.6. The summed E-state index contributed by atoms with van der Waals surface area (Å²) < 4.78 is 2.01. The van der Waals surface area contributed by atoms with Gasteiger partial charge in [-0.25, -0.2) is 4.98 Å². The number of aryl methyl sites for hydroxylation is 1. The molecule has 5 heteroatoms. The van der Waals surface area contributed by atoms with E-state index in [0.717, 1.165) is 33.3 Å². The molecule has 0 saturated carbocycles. The second-order valence-corrected chi connectivity index (χ2v) is 5.11. The molecule has 22 heavy (non-hydrogen) atoms. The Labute approximate surface area is 126 Å². The van der Waals surface area contributed by atoms with Crippen molar-refractivity contribution in [2.24, 2.45) is 0 Å². The normalized spacial score (nSPS) is 10.9. The highest BCUT2D eigenvalue weighted by Crippen LogP contribution is 2.26. The summed E-state index contributed by atoms with van der Waals surface area (Å²) in [5.74, 6) is 0. The zero-order valence-corrected chi connectivity index (χ0v) is 11.9. The maximum atomic E-state index is 9.14. The molecule has 0 bridgehead atoms. The third-order valence-electron chi connectivity index (χ3n) is 3.66. The molecule has 0 spiro atoms. The molecule has 0 N–H and O–H groups in total. The molecule has 0 aliphatic carbocycles. The predicted octanol–water partition coefficient (Wildman–Crippen LogP) is 3.15. The van der Waals surface area contributed by atoms with Gasteiger partial charge in [0.1, 0.15) is 11.8 Å². The monoisotopic (exact) mass is 285 g/mol. The number of imidazole rings is 1. The smallest absolute Gasteiger partial charge is 0.108 e. The van der Waals surface area contributed by atoms with Crippen molar-refractivity contribution in [3.05, 3.63) is 60.3 Å². The van der Waals surface area contributed by atoms with Crippen molar-refractivity contribution < 1.29 is 0 Å². The molecular weight excluding hydrogens is 274 g/mol. The van der Waals surface area contributed by atoms with Crippen LogP contribution in [0.25, 0.3) is 27.6 Å². The fourth-order valence-corrected chi connectivity index (χ4v) is 2.64. The highest BCUT2D eigenvalue weighted by molar-refractivity contribution is 6.03. The van der Waals surface area contributed by atoms with Crippen molar-refractivity contribution in [1.82, 2.24) is 19.5 Å². The van der Waals surface area contributed by atoms with Crippen LogP contribution in [0, 0.1) is 18.3 Å². The van der Waals surface area contributed by atoms with Crippen LogP contribution in [-0.4, -0.2) is 19.5 Å². The van der Waals surface area contributed by atoms with Gasteiger partial charge in [-0.2, -0.15) is 5.26 Å². The van der Waals surface area contributed by atoms with E-state index in [0.29, 0.717) is 5.56 Å². The van der Waals surface area contributed by atoms with Gasteiger partial charge in [0.15, 0.2) is 0 Å². The molecule has 3 aromatic heterocycles. The van der Waals surface area contributed by atoms with E-state index in [4.69, 9.17) is 5.26 Å². The summed E-state index contributed by atoms with van der Waals surface area (Å²) in [4.78, 5) is 13.1. The third kappa shape index (κ3) is 1.82. The van der Waals surface area contributed by atoms with Crippen molar-refractivity contribution in [3.8, 4) is 11.8 Å². The molecule has 4 aromatic rings. The van der Waals surface area contributed by atoms with Gasteiger partial charge in [-0.05, 0) is 37.3 Å². The molecule has 3 heterocycles. The minimum atomic E-state index is 0.612. The minimum absolute atomic E-state index is 0.612. The summed E-state index contributed by atoms with van der Waals surface area (Å²) in [5, 5.41) is 10.1. The van der Waals surface area contributed by atoms with E-state index in [1.807, 2.05) is 35.8 Å². The fourth-order valence-electron chi connectivity index (χ4n) is 2.64. The van der Waals surface area contributed by atoms with Crippen LogP contribution in [0.1, 0.15) is 11.3 Å². The van der Waals surface area contributed by atoms with E-state index >= 15 is 0 Å². The summed E-state index contributed by atoms with van der Waals surface area (Å²) in [6.07, 6.45) is 5.31. The van der Waals surface area contributed by atoms with Crippen LogP contribution in [0.4, 0.5) is 0 Å². The standard InChI is InChI=1S/C17H11N5/c1-11-6-13(4-5-19-11)22-10-21-16-9-20-15-3-2-12(8-18)7-14(15)17(16)22/h2-7,9-10H,1H3. The molecule has 4 rings (SSSR count). The van der Waals surface area contributed by atoms with Gasteiger partial charge in [-0.1, -0.05) is 0 Å². The maximum absolute atomic E-state index is 9.14. The fraction of sp³-hybridized carbons (Fsp3) is 0.0588. The molecular formula is C17H11N5. The Bertz CT molecular complexity index is 1060. The quantitative estimate of drug-likeness (QED) is 0.539. The Balaban J connectivity index is 2.12. The topological polar surface area (TPSA) is 67.4 Å². The highest BCUT2D eigenvalue weighted by Gasteiger charge is 2.10. The lowest BCUT2D eigenvalue weighted by molar-refractivity contribution is 1.07. The molecule has 0 aliphatic heterocycles. The number of nitriles is 1. The zero-order valence-electron chi connectivity index (χ0n) is 11.9. The molecule has 104 valence electrons. The first-order valence-electron chi connectivity index (χ1n) is 6.85. The first-order chi connectivity index (χ1) is 10.8. The molecule has 0 saturated heterocycles. The lowest BCUT2D eigenvalue weighted by atomic mass is 10.1. The van der Waals surface area contributed by atoms with E-state index in [9.17, 15) is 0 Å². The van der Waals surface area contributed by atoms with E-state index in [1.165, 1.54) is 0 Å². The summed E-state index contributed by atoms with van der Waals surface area (Å²) in [6.45, 7) is 1.95. The molecule has 0 unspecified atom stereocenters. The average molecular weight is 285 g/mol. The Kier molecular flexibility index (Phi) is 2.63. The summed E-state index contributed by atoms with van der Waals surface area (Å²) >= 11 is 0. The number of rotatable bonds is 1. The van der Waals surface area contributed by atoms with Gasteiger partial charge in [-0.3, -0.25) is 14.5 Å². The van der Waals surface area contributed by atoms with Crippen LogP contribution < -0.4 is 0 Å². The maximum Gasteiger partial charge on any atom is 0.108 e. The Morgan fingerprint density at radius 1 is 1.05 bits per heavy atom. The summed E-state index contributed by atoms with van der Waals surface area (Å²) in [5.41, 5.74) is 5.14. The summed E-state index contributed by atoms with van der Waals surface area (Å²) in [7, 11) is 0. The number of nitrogens with zero attached hydrogens (tertiary/aromatic N) is 5. The van der Waals surface area contributed by atoms with Gasteiger partial charge < -0.3 is 0 Å². The number of hydrogen-bond acceptors (Lipinski definition) is 4. The lowest BCUT2D eigenvalue weighted by Crippen LogP contribution is -1.95. The van der Waals surface area contributed by atoms with Crippen LogP contribution in [0.2, 0.25) is 0 Å². The van der Waals surface area contributed by atoms with E-state index in [1.54, 1.807) is 24.8 Å². The van der Waals surface area contributed by atoms with Crippen molar-refractivity contribution in [3.63, 3.8) is 0 Å². The third-order valence-corrected chi connectivity index (χ3v) is 3.66. The number of benzene rings is 1. The lowest BCUT2D eigenvalue weighted by Gasteiger charge is -2.07. The molecule has 0 fully saturated rings. The van der Waals surface area contributed by atoms with Crippen LogP contribution in [-0.2, 0) is 0 Å². The van der Waals surface area contributed by atoms with Gasteiger partial charge in [0, 0.05) is 17.3 Å². The molecule has 0 radical (unpaired) electrons. The number of aromatic nitrogens is 4. The number of fused-ring (bicyclic) bond motifs is 3. The average Bonchev–Trinajstić information content (AvgIpc) is 2.99. The van der Waals surface area contributed by atoms with Crippen LogP contribution in [0.15, 0.2) is 49.1 Å². The molecule has 0 atom stereocenters. The van der Waals surface area contributed by atoms with Crippen molar-refractivity contribution in [2.75, 3.05) is 0 Å². The second kappa shape index (κ2) is 4.64. The van der Waals surface area contributed by atoms with E-state index < -0.39 is 0 Å². The van der Waals surface area contributed by atoms with E-state index in [-0.39, 0.29) is 0 Å². The van der Waals surface area contributed by atoms with Crippen LogP contribution in [0.5, 0.6) is 0 Å². The zero-order chi connectivity index (χ0) is 15.1. The van der Waals surface area contributed by atoms with Crippen LogP contribution >= 0.6 is 0 Å². The van der Waals surface area contributed by atoms with Gasteiger partial charge in [-0.15, -0.1) is 0 Å². The molecule has 5 nitrogen and oxygen atoms in total. The van der Waals surface area contributed by atoms with Gasteiger partial charge in [0.25, 0.3) is 0 Å². The van der Waals surface area contributed by atoms with Gasteiger partial charge in [0.05, 0.1) is 34.6 Å². The molecule has 0 aliphatic rings. The molecule has 0 amide bonds. The SMILES string of the molecule is Cc1cc(-n2cnc3cnc4ccc(C#N)cc4c32)ccn1. The van der Waals surface area contributed by atoms with Gasteiger partial charge in [0.2, 0.25) is 0 Å². The van der Waals surface area contributed by atoms with Crippen LogP contribution in [0.3, 0.4) is 0 Å². The number of hydrogen-bond donors (Lipinski definition) is 0. The second-order valence-electron chi connectivity index (χ2n) is 5.11. The van der Waals surface area contributed by atoms with Crippen molar-refractivity contribution in [2.45, 2.75) is 6.92 Å². The van der Waals surface area contributed by atoms with Crippen molar-refractivity contribution in [1.29, 1.82) is 5.26 Å². The first-order valence-corrected chi connectivity index (χ1v) is 6.85. The minimum Gasteiger partial charge on any atom is -0.298 e. The van der Waals surface area contributed by atoms with Crippen molar-refractivity contribution >= 4 is 21.9 Å². The highest BCUT2D eigenvalue weighted by atomic mass is 15.1. The largest absolute Gasteiger partial charge is 0.298 e. The van der Waals surface area contributed by atoms with Gasteiger partial charge >= 0.3 is 0 Å².